The number of nitriles is 1. The highest BCUT2D eigenvalue weighted by atomic mass is 16.1. The number of nitrogens with zero attached hydrogens (tertiary/aromatic N) is 3. The van der Waals surface area contributed by atoms with Crippen molar-refractivity contribution >= 4 is 11.6 Å². The molecule has 20 heavy (non-hydrogen) atoms. The van der Waals surface area contributed by atoms with Crippen LogP contribution in [0.1, 0.15) is 11.1 Å². The second-order valence-corrected chi connectivity index (χ2v) is 5.19. The van der Waals surface area contributed by atoms with Crippen molar-refractivity contribution in [2.45, 2.75) is 13.3 Å². The fourth-order valence-corrected chi connectivity index (χ4v) is 2.56. The average Bonchev–Trinajstić information content (AvgIpc) is 2.42. The van der Waals surface area contributed by atoms with Gasteiger partial charge in [-0.3, -0.25) is 9.69 Å². The molecule has 2 N–H and O–H groups in total. The number of carbonyl (C=O) groups is 1. The molecule has 0 bridgehead atoms. The third-order valence-corrected chi connectivity index (χ3v) is 3.65. The predicted octanol–water partition coefficient (Wildman–Crippen LogP) is 0.668. The smallest absolute Gasteiger partial charge is 0.231 e. The minimum Gasteiger partial charge on any atom is -0.369 e. The van der Waals surface area contributed by atoms with Crippen LogP contribution < -0.4 is 10.6 Å². The first-order valence-corrected chi connectivity index (χ1v) is 6.82. The summed E-state index contributed by atoms with van der Waals surface area (Å²) in [5.41, 5.74) is 8.68. The maximum atomic E-state index is 10.9. The predicted molar refractivity (Wildman–Crippen MR) is 78.3 cm³/mol. The number of amides is 1. The lowest BCUT2D eigenvalue weighted by molar-refractivity contribution is -0.119. The SMILES string of the molecule is Cc1ccc(CC#N)cc1N1CCN(CC(N)=O)CC1. The third-order valence-electron chi connectivity index (χ3n) is 3.65. The van der Waals surface area contributed by atoms with Crippen molar-refractivity contribution in [2.24, 2.45) is 5.73 Å². The molecule has 0 radical (unpaired) electrons. The molecular weight excluding hydrogens is 252 g/mol. The summed E-state index contributed by atoms with van der Waals surface area (Å²) < 4.78 is 0. The molecule has 1 fully saturated rings. The van der Waals surface area contributed by atoms with E-state index in [0.717, 1.165) is 31.7 Å². The fraction of sp³-hybridized carbons (Fsp3) is 0.467. The standard InChI is InChI=1S/C15H20N4O/c1-12-2-3-13(4-5-16)10-14(12)19-8-6-18(7-9-19)11-15(17)20/h2-3,10H,4,6-9,11H2,1H3,(H2,17,20). The van der Waals surface area contributed by atoms with E-state index in [4.69, 9.17) is 11.0 Å². The molecule has 5 heteroatoms. The fourth-order valence-electron chi connectivity index (χ4n) is 2.56. The van der Waals surface area contributed by atoms with E-state index in [1.807, 2.05) is 6.07 Å². The number of anilines is 1. The monoisotopic (exact) mass is 272 g/mol. The van der Waals surface area contributed by atoms with Gasteiger partial charge in [0.05, 0.1) is 19.0 Å². The Morgan fingerprint density at radius 2 is 2.05 bits per heavy atom. The topological polar surface area (TPSA) is 73.4 Å². The minimum atomic E-state index is -0.273. The lowest BCUT2D eigenvalue weighted by Crippen LogP contribution is -2.49. The van der Waals surface area contributed by atoms with Crippen molar-refractivity contribution in [1.29, 1.82) is 5.26 Å². The molecule has 0 saturated carbocycles. The van der Waals surface area contributed by atoms with Crippen molar-refractivity contribution in [3.63, 3.8) is 0 Å². The van der Waals surface area contributed by atoms with Gasteiger partial charge in [-0.1, -0.05) is 12.1 Å². The molecule has 0 spiro atoms. The van der Waals surface area contributed by atoms with Gasteiger partial charge in [0.1, 0.15) is 0 Å². The van der Waals surface area contributed by atoms with Gasteiger partial charge in [0.2, 0.25) is 5.91 Å². The molecule has 1 aliphatic rings. The molecule has 1 saturated heterocycles. The number of rotatable bonds is 4. The van der Waals surface area contributed by atoms with Gasteiger partial charge in [-0.15, -0.1) is 0 Å². The van der Waals surface area contributed by atoms with E-state index in [9.17, 15) is 4.79 Å². The van der Waals surface area contributed by atoms with Gasteiger partial charge in [0.15, 0.2) is 0 Å². The molecule has 106 valence electrons. The molecular formula is C15H20N4O. The van der Waals surface area contributed by atoms with Crippen molar-refractivity contribution in [3.8, 4) is 6.07 Å². The Morgan fingerprint density at radius 1 is 1.35 bits per heavy atom. The van der Waals surface area contributed by atoms with Crippen LogP contribution in [0.25, 0.3) is 0 Å². The second-order valence-electron chi connectivity index (χ2n) is 5.19. The number of nitrogens with two attached hydrogens (primary N) is 1. The van der Waals surface area contributed by atoms with E-state index in [-0.39, 0.29) is 5.91 Å². The lowest BCUT2D eigenvalue weighted by Gasteiger charge is -2.36. The van der Waals surface area contributed by atoms with Crippen LogP contribution in [0.4, 0.5) is 5.69 Å². The Bertz CT molecular complexity index is 527. The van der Waals surface area contributed by atoms with Crippen LogP contribution in [-0.2, 0) is 11.2 Å². The van der Waals surface area contributed by atoms with Crippen LogP contribution in [0.3, 0.4) is 0 Å². The highest BCUT2D eigenvalue weighted by Gasteiger charge is 2.19. The van der Waals surface area contributed by atoms with E-state index >= 15 is 0 Å². The molecule has 1 aliphatic heterocycles. The van der Waals surface area contributed by atoms with E-state index in [0.29, 0.717) is 13.0 Å². The summed E-state index contributed by atoms with van der Waals surface area (Å²) in [5, 5.41) is 8.79. The normalized spacial score (nSPS) is 15.9. The summed E-state index contributed by atoms with van der Waals surface area (Å²) in [6.07, 6.45) is 0.439. The summed E-state index contributed by atoms with van der Waals surface area (Å²) in [6, 6.07) is 8.36. The Balaban J connectivity index is 2.04. The summed E-state index contributed by atoms with van der Waals surface area (Å²) >= 11 is 0. The van der Waals surface area contributed by atoms with Crippen molar-refractivity contribution in [2.75, 3.05) is 37.6 Å². The molecule has 1 aromatic carbocycles. The number of aryl methyl sites for hydroxylation is 1. The second kappa shape index (κ2) is 6.40. The third kappa shape index (κ3) is 3.49. The summed E-state index contributed by atoms with van der Waals surface area (Å²) in [5.74, 6) is -0.273. The zero-order chi connectivity index (χ0) is 14.5. The maximum absolute atomic E-state index is 10.9. The number of benzene rings is 1. The van der Waals surface area contributed by atoms with Crippen molar-refractivity contribution < 1.29 is 4.79 Å². The molecule has 2 rings (SSSR count). The van der Waals surface area contributed by atoms with Gasteiger partial charge in [0, 0.05) is 31.9 Å². The van der Waals surface area contributed by atoms with Crippen molar-refractivity contribution in [3.05, 3.63) is 29.3 Å². The van der Waals surface area contributed by atoms with Crippen LogP contribution in [0.2, 0.25) is 0 Å². The van der Waals surface area contributed by atoms with Gasteiger partial charge in [-0.2, -0.15) is 5.26 Å². The van der Waals surface area contributed by atoms with Crippen LogP contribution in [-0.4, -0.2) is 43.5 Å². The number of primary amides is 1. The van der Waals surface area contributed by atoms with E-state index < -0.39 is 0 Å². The molecule has 0 aliphatic carbocycles. The Kier molecular flexibility index (Phi) is 4.59. The Morgan fingerprint density at radius 3 is 2.65 bits per heavy atom. The molecule has 0 unspecified atom stereocenters. The lowest BCUT2D eigenvalue weighted by atomic mass is 10.1. The van der Waals surface area contributed by atoms with E-state index in [1.54, 1.807) is 0 Å². The Labute approximate surface area is 119 Å². The quantitative estimate of drug-likeness (QED) is 0.874. The molecule has 5 nitrogen and oxygen atoms in total. The van der Waals surface area contributed by atoms with Crippen molar-refractivity contribution in [1.82, 2.24) is 4.90 Å². The summed E-state index contributed by atoms with van der Waals surface area (Å²) in [6.45, 7) is 5.85. The number of hydrogen-bond donors (Lipinski definition) is 1. The number of hydrogen-bond acceptors (Lipinski definition) is 4. The molecule has 1 amide bonds. The molecule has 0 aromatic heterocycles. The maximum Gasteiger partial charge on any atom is 0.231 e. The first-order valence-electron chi connectivity index (χ1n) is 6.82. The average molecular weight is 272 g/mol. The number of carbonyl (C=O) groups excluding carboxylic acids is 1. The highest BCUT2D eigenvalue weighted by Crippen LogP contribution is 2.23. The first-order chi connectivity index (χ1) is 9.60. The van der Waals surface area contributed by atoms with Gasteiger partial charge in [0.25, 0.3) is 0 Å². The van der Waals surface area contributed by atoms with Crippen LogP contribution in [0.5, 0.6) is 0 Å². The van der Waals surface area contributed by atoms with Crippen LogP contribution in [0.15, 0.2) is 18.2 Å². The van der Waals surface area contributed by atoms with Gasteiger partial charge in [-0.25, -0.2) is 0 Å². The van der Waals surface area contributed by atoms with Crippen LogP contribution >= 0.6 is 0 Å². The van der Waals surface area contributed by atoms with Crippen LogP contribution in [0, 0.1) is 18.3 Å². The van der Waals surface area contributed by atoms with Gasteiger partial charge >= 0.3 is 0 Å². The molecule has 1 aromatic rings. The van der Waals surface area contributed by atoms with Gasteiger partial charge < -0.3 is 10.6 Å². The summed E-state index contributed by atoms with van der Waals surface area (Å²) in [7, 11) is 0. The van der Waals surface area contributed by atoms with Gasteiger partial charge in [-0.05, 0) is 24.1 Å². The zero-order valence-corrected chi connectivity index (χ0v) is 11.8. The first kappa shape index (κ1) is 14.4. The van der Waals surface area contributed by atoms with E-state index in [2.05, 4.69) is 34.9 Å². The highest BCUT2D eigenvalue weighted by molar-refractivity contribution is 5.76. The largest absolute Gasteiger partial charge is 0.369 e. The van der Waals surface area contributed by atoms with E-state index in [1.165, 1.54) is 11.3 Å². The number of piperazine rings is 1. The minimum absolute atomic E-state index is 0.273. The Hall–Kier alpha value is -2.06. The molecule has 0 atom stereocenters. The zero-order valence-electron chi connectivity index (χ0n) is 11.8. The molecule has 1 heterocycles. The summed E-state index contributed by atoms with van der Waals surface area (Å²) in [4.78, 5) is 15.3.